The van der Waals surface area contributed by atoms with Gasteiger partial charge in [0.2, 0.25) is 0 Å². The number of rotatable bonds is 4. The van der Waals surface area contributed by atoms with Crippen LogP contribution in [0.4, 0.5) is 11.4 Å². The fourth-order valence-corrected chi connectivity index (χ4v) is 1.32. The third-order valence-corrected chi connectivity index (χ3v) is 2.34. The Kier molecular flexibility index (Phi) is 4.48. The van der Waals surface area contributed by atoms with Gasteiger partial charge in [-0.1, -0.05) is 0 Å². The maximum Gasteiger partial charge on any atom is 0.328 e. The third kappa shape index (κ3) is 3.93. The molecule has 0 spiro atoms. The SMILES string of the molecule is C/C(=C\C(=O)O)C(=O)Nc1ccc(N(C)C)cc1. The Bertz CT molecular complexity index is 476. The van der Waals surface area contributed by atoms with Gasteiger partial charge >= 0.3 is 5.97 Å². The summed E-state index contributed by atoms with van der Waals surface area (Å²) in [6, 6.07) is 7.26. The molecule has 1 amide bonds. The van der Waals surface area contributed by atoms with Crippen molar-refractivity contribution in [1.29, 1.82) is 0 Å². The number of amides is 1. The minimum atomic E-state index is -1.13. The molecule has 0 aliphatic rings. The summed E-state index contributed by atoms with van der Waals surface area (Å²) in [6.07, 6.45) is 0.878. The molecule has 0 aromatic heterocycles. The summed E-state index contributed by atoms with van der Waals surface area (Å²) in [5, 5.41) is 11.2. The molecular weight excluding hydrogens is 232 g/mol. The Hall–Kier alpha value is -2.30. The van der Waals surface area contributed by atoms with Gasteiger partial charge in [0, 0.05) is 37.1 Å². The monoisotopic (exact) mass is 248 g/mol. The van der Waals surface area contributed by atoms with Gasteiger partial charge in [-0.3, -0.25) is 4.79 Å². The van der Waals surface area contributed by atoms with E-state index in [4.69, 9.17) is 5.11 Å². The number of nitrogens with one attached hydrogen (secondary N) is 1. The number of benzene rings is 1. The first kappa shape index (κ1) is 13.8. The van der Waals surface area contributed by atoms with Gasteiger partial charge in [0.05, 0.1) is 0 Å². The highest BCUT2D eigenvalue weighted by molar-refractivity contribution is 6.06. The number of aliphatic carboxylic acids is 1. The maximum atomic E-state index is 11.6. The first-order valence-corrected chi connectivity index (χ1v) is 5.40. The number of anilines is 2. The number of carboxylic acid groups (broad SMARTS) is 1. The molecule has 96 valence electrons. The van der Waals surface area contributed by atoms with E-state index in [0.717, 1.165) is 11.8 Å². The molecule has 0 aliphatic carbocycles. The first-order valence-electron chi connectivity index (χ1n) is 5.40. The van der Waals surface area contributed by atoms with Crippen LogP contribution in [0.5, 0.6) is 0 Å². The van der Waals surface area contributed by atoms with Crippen LogP contribution in [0.1, 0.15) is 6.92 Å². The first-order chi connectivity index (χ1) is 8.40. The van der Waals surface area contributed by atoms with Gasteiger partial charge in [-0.2, -0.15) is 0 Å². The second-order valence-corrected chi connectivity index (χ2v) is 4.06. The Morgan fingerprint density at radius 2 is 1.78 bits per heavy atom. The van der Waals surface area contributed by atoms with E-state index in [2.05, 4.69) is 5.32 Å². The molecule has 0 aliphatic heterocycles. The highest BCUT2D eigenvalue weighted by Gasteiger charge is 2.06. The fourth-order valence-electron chi connectivity index (χ4n) is 1.32. The summed E-state index contributed by atoms with van der Waals surface area (Å²) < 4.78 is 0. The second kappa shape index (κ2) is 5.86. The number of hydrogen-bond acceptors (Lipinski definition) is 3. The van der Waals surface area contributed by atoms with Crippen LogP contribution >= 0.6 is 0 Å². The van der Waals surface area contributed by atoms with E-state index >= 15 is 0 Å². The van der Waals surface area contributed by atoms with E-state index in [1.807, 2.05) is 31.1 Å². The molecule has 0 unspecified atom stereocenters. The number of nitrogens with zero attached hydrogens (tertiary/aromatic N) is 1. The van der Waals surface area contributed by atoms with Gasteiger partial charge in [0.15, 0.2) is 0 Å². The molecule has 1 aromatic carbocycles. The van der Waals surface area contributed by atoms with Crippen molar-refractivity contribution in [3.8, 4) is 0 Å². The molecule has 5 nitrogen and oxygen atoms in total. The van der Waals surface area contributed by atoms with Crippen LogP contribution in [0.25, 0.3) is 0 Å². The van der Waals surface area contributed by atoms with E-state index in [1.165, 1.54) is 6.92 Å². The minimum absolute atomic E-state index is 0.152. The Morgan fingerprint density at radius 1 is 1.22 bits per heavy atom. The van der Waals surface area contributed by atoms with Gasteiger partial charge in [-0.05, 0) is 31.2 Å². The molecule has 0 heterocycles. The van der Waals surface area contributed by atoms with Crippen LogP contribution in [0, 0.1) is 0 Å². The summed E-state index contributed by atoms with van der Waals surface area (Å²) in [6.45, 7) is 1.46. The predicted octanol–water partition coefficient (Wildman–Crippen LogP) is 1.72. The van der Waals surface area contributed by atoms with Crippen molar-refractivity contribution in [2.45, 2.75) is 6.92 Å². The lowest BCUT2D eigenvalue weighted by Crippen LogP contribution is -2.14. The zero-order valence-corrected chi connectivity index (χ0v) is 10.6. The van der Waals surface area contributed by atoms with E-state index in [-0.39, 0.29) is 5.57 Å². The van der Waals surface area contributed by atoms with Crippen LogP contribution in [0.15, 0.2) is 35.9 Å². The minimum Gasteiger partial charge on any atom is -0.478 e. The summed E-state index contributed by atoms with van der Waals surface area (Å²) in [5.74, 6) is -1.55. The lowest BCUT2D eigenvalue weighted by Gasteiger charge is -2.13. The Labute approximate surface area is 106 Å². The lowest BCUT2D eigenvalue weighted by molar-refractivity contribution is -0.131. The van der Waals surface area contributed by atoms with E-state index in [0.29, 0.717) is 5.69 Å². The molecular formula is C13H16N2O3. The Morgan fingerprint density at radius 3 is 2.22 bits per heavy atom. The zero-order chi connectivity index (χ0) is 13.7. The van der Waals surface area contributed by atoms with Crippen LogP contribution in [-0.4, -0.2) is 31.1 Å². The molecule has 0 saturated carbocycles. The summed E-state index contributed by atoms with van der Waals surface area (Å²) >= 11 is 0. The average Bonchev–Trinajstić information content (AvgIpc) is 2.28. The fraction of sp³-hybridized carbons (Fsp3) is 0.231. The second-order valence-electron chi connectivity index (χ2n) is 4.06. The van der Waals surface area contributed by atoms with Crippen molar-refractivity contribution < 1.29 is 14.7 Å². The third-order valence-electron chi connectivity index (χ3n) is 2.34. The summed E-state index contributed by atoms with van der Waals surface area (Å²) in [5.41, 5.74) is 1.80. The van der Waals surface area contributed by atoms with Crippen LogP contribution in [-0.2, 0) is 9.59 Å². The molecule has 2 N–H and O–H groups in total. The standard InChI is InChI=1S/C13H16N2O3/c1-9(8-12(16)17)13(18)14-10-4-6-11(7-5-10)15(2)3/h4-8H,1-3H3,(H,14,18)(H,16,17)/b9-8+. The maximum absolute atomic E-state index is 11.6. The van der Waals surface area contributed by atoms with E-state index in [9.17, 15) is 9.59 Å². The highest BCUT2D eigenvalue weighted by atomic mass is 16.4. The number of hydrogen-bond donors (Lipinski definition) is 2. The van der Waals surface area contributed by atoms with Gasteiger partial charge < -0.3 is 15.3 Å². The van der Waals surface area contributed by atoms with Crippen LogP contribution < -0.4 is 10.2 Å². The number of carbonyl (C=O) groups is 2. The van der Waals surface area contributed by atoms with Crippen molar-refractivity contribution in [3.05, 3.63) is 35.9 Å². The van der Waals surface area contributed by atoms with Gasteiger partial charge in [0.25, 0.3) is 5.91 Å². The molecule has 0 bridgehead atoms. The molecule has 1 rings (SSSR count). The van der Waals surface area contributed by atoms with Crippen molar-refractivity contribution >= 4 is 23.3 Å². The molecule has 0 atom stereocenters. The summed E-state index contributed by atoms with van der Waals surface area (Å²) in [7, 11) is 3.85. The largest absolute Gasteiger partial charge is 0.478 e. The molecule has 0 radical (unpaired) electrons. The molecule has 0 saturated heterocycles. The quantitative estimate of drug-likeness (QED) is 0.796. The molecule has 0 fully saturated rings. The van der Waals surface area contributed by atoms with Crippen molar-refractivity contribution in [1.82, 2.24) is 0 Å². The molecule has 5 heteroatoms. The lowest BCUT2D eigenvalue weighted by atomic mass is 10.2. The van der Waals surface area contributed by atoms with E-state index in [1.54, 1.807) is 12.1 Å². The van der Waals surface area contributed by atoms with Gasteiger partial charge in [0.1, 0.15) is 0 Å². The summed E-state index contributed by atoms with van der Waals surface area (Å²) in [4.78, 5) is 24.0. The molecule has 1 aromatic rings. The zero-order valence-electron chi connectivity index (χ0n) is 10.6. The van der Waals surface area contributed by atoms with Gasteiger partial charge in [-0.25, -0.2) is 4.79 Å². The average molecular weight is 248 g/mol. The van der Waals surface area contributed by atoms with Crippen LogP contribution in [0.2, 0.25) is 0 Å². The van der Waals surface area contributed by atoms with E-state index < -0.39 is 11.9 Å². The number of carboxylic acids is 1. The molecule has 18 heavy (non-hydrogen) atoms. The normalized spacial score (nSPS) is 10.9. The topological polar surface area (TPSA) is 69.6 Å². The number of carbonyl (C=O) groups excluding carboxylic acids is 1. The van der Waals surface area contributed by atoms with Crippen molar-refractivity contribution in [2.24, 2.45) is 0 Å². The van der Waals surface area contributed by atoms with Crippen LogP contribution in [0.3, 0.4) is 0 Å². The predicted molar refractivity (Wildman–Crippen MR) is 70.8 cm³/mol. The smallest absolute Gasteiger partial charge is 0.328 e. The van der Waals surface area contributed by atoms with Crippen molar-refractivity contribution in [2.75, 3.05) is 24.3 Å². The van der Waals surface area contributed by atoms with Crippen molar-refractivity contribution in [3.63, 3.8) is 0 Å². The van der Waals surface area contributed by atoms with Gasteiger partial charge in [-0.15, -0.1) is 0 Å². The highest BCUT2D eigenvalue weighted by Crippen LogP contribution is 2.16. The Balaban J connectivity index is 2.74.